The lowest BCUT2D eigenvalue weighted by molar-refractivity contribution is -0.137. The van der Waals surface area contributed by atoms with Gasteiger partial charge in [0.1, 0.15) is 0 Å². The van der Waals surface area contributed by atoms with Gasteiger partial charge in [-0.05, 0) is 25.7 Å². The van der Waals surface area contributed by atoms with E-state index >= 15 is 0 Å². The Bertz CT molecular complexity index is 311. The molecule has 0 saturated heterocycles. The molecule has 0 aromatic rings. The zero-order valence-electron chi connectivity index (χ0n) is 10.1. The van der Waals surface area contributed by atoms with Crippen molar-refractivity contribution in [2.45, 2.75) is 46.1 Å². The van der Waals surface area contributed by atoms with Crippen LogP contribution in [0.4, 0.5) is 0 Å². The lowest BCUT2D eigenvalue weighted by Crippen LogP contribution is -2.35. The van der Waals surface area contributed by atoms with Gasteiger partial charge in [-0.3, -0.25) is 4.79 Å². The fourth-order valence-corrected chi connectivity index (χ4v) is 2.89. The monoisotopic (exact) mass is 251 g/mol. The van der Waals surface area contributed by atoms with Gasteiger partial charge in [-0.2, -0.15) is 0 Å². The molecule has 0 saturated carbocycles. The number of hydrogen-bond donors (Lipinski definition) is 2. The van der Waals surface area contributed by atoms with Crippen molar-refractivity contribution < 1.29 is 18.3 Å². The van der Waals surface area contributed by atoms with Crippen LogP contribution in [0.5, 0.6) is 0 Å². The minimum absolute atomic E-state index is 0.102. The highest BCUT2D eigenvalue weighted by Gasteiger charge is 2.15. The molecule has 16 heavy (non-hydrogen) atoms. The van der Waals surface area contributed by atoms with Crippen LogP contribution >= 0.6 is 0 Å². The number of aliphatic carboxylic acids is 1. The van der Waals surface area contributed by atoms with Crippen molar-refractivity contribution in [3.63, 3.8) is 0 Å². The molecule has 0 radical (unpaired) electrons. The Balaban J connectivity index is 3.99. The fourth-order valence-electron chi connectivity index (χ4n) is 1.53. The molecule has 0 aromatic carbocycles. The minimum Gasteiger partial charge on any atom is -0.481 e. The quantitative estimate of drug-likeness (QED) is 0.679. The van der Waals surface area contributed by atoms with Gasteiger partial charge < -0.3 is 5.11 Å². The van der Waals surface area contributed by atoms with Crippen molar-refractivity contribution in [1.29, 1.82) is 0 Å². The van der Waals surface area contributed by atoms with Gasteiger partial charge in [0.2, 0.25) is 10.0 Å². The highest BCUT2D eigenvalue weighted by atomic mass is 32.2. The standard InChI is InChI=1S/C10H21NO4S/c1-8(2)7-9(3)11-16(14,15)6-4-5-10(12)13/h8-9,11H,4-7H2,1-3H3,(H,12,13). The average Bonchev–Trinajstić information content (AvgIpc) is 1.98. The van der Waals surface area contributed by atoms with Crippen LogP contribution in [0, 0.1) is 5.92 Å². The van der Waals surface area contributed by atoms with Crippen LogP contribution in [0.2, 0.25) is 0 Å². The first-order valence-electron chi connectivity index (χ1n) is 5.44. The maximum atomic E-state index is 11.5. The first kappa shape index (κ1) is 15.4. The summed E-state index contributed by atoms with van der Waals surface area (Å²) < 4.78 is 25.5. The summed E-state index contributed by atoms with van der Waals surface area (Å²) in [5.41, 5.74) is 0. The van der Waals surface area contributed by atoms with Gasteiger partial charge >= 0.3 is 5.97 Å². The zero-order chi connectivity index (χ0) is 12.8. The molecule has 0 rings (SSSR count). The van der Waals surface area contributed by atoms with Crippen molar-refractivity contribution >= 4 is 16.0 Å². The SMILES string of the molecule is CC(C)CC(C)NS(=O)(=O)CCCC(=O)O. The van der Waals surface area contributed by atoms with Gasteiger partial charge in [-0.25, -0.2) is 13.1 Å². The smallest absolute Gasteiger partial charge is 0.303 e. The summed E-state index contributed by atoms with van der Waals surface area (Å²) in [5.74, 6) is -0.663. The van der Waals surface area contributed by atoms with Gasteiger partial charge in [0.05, 0.1) is 5.75 Å². The van der Waals surface area contributed by atoms with Gasteiger partial charge in [0.15, 0.2) is 0 Å². The van der Waals surface area contributed by atoms with Crippen LogP contribution in [0.3, 0.4) is 0 Å². The van der Waals surface area contributed by atoms with Gasteiger partial charge in [-0.1, -0.05) is 13.8 Å². The second-order valence-corrected chi connectivity index (χ2v) is 6.34. The van der Waals surface area contributed by atoms with E-state index in [4.69, 9.17) is 5.11 Å². The van der Waals surface area contributed by atoms with Gasteiger partial charge in [-0.15, -0.1) is 0 Å². The molecule has 0 aromatic heterocycles. The van der Waals surface area contributed by atoms with E-state index in [0.717, 1.165) is 6.42 Å². The maximum absolute atomic E-state index is 11.5. The molecular weight excluding hydrogens is 230 g/mol. The Hall–Kier alpha value is -0.620. The third kappa shape index (κ3) is 8.67. The van der Waals surface area contributed by atoms with E-state index in [-0.39, 0.29) is 24.6 Å². The Morgan fingerprint density at radius 2 is 1.88 bits per heavy atom. The first-order valence-corrected chi connectivity index (χ1v) is 7.10. The van der Waals surface area contributed by atoms with Crippen LogP contribution in [-0.4, -0.2) is 31.3 Å². The molecular formula is C10H21NO4S. The molecule has 2 N–H and O–H groups in total. The first-order chi connectivity index (χ1) is 7.23. The summed E-state index contributed by atoms with van der Waals surface area (Å²) in [7, 11) is -3.34. The predicted molar refractivity (Wildman–Crippen MR) is 62.7 cm³/mol. The van der Waals surface area contributed by atoms with Crippen molar-refractivity contribution in [2.24, 2.45) is 5.92 Å². The van der Waals surface area contributed by atoms with Crippen LogP contribution < -0.4 is 4.72 Å². The van der Waals surface area contributed by atoms with Gasteiger partial charge in [0, 0.05) is 12.5 Å². The molecule has 0 aliphatic carbocycles. The minimum atomic E-state index is -3.34. The number of carbonyl (C=O) groups is 1. The van der Waals surface area contributed by atoms with Gasteiger partial charge in [0.25, 0.3) is 0 Å². The zero-order valence-corrected chi connectivity index (χ0v) is 10.9. The lowest BCUT2D eigenvalue weighted by atomic mass is 10.1. The van der Waals surface area contributed by atoms with Crippen molar-refractivity contribution in [2.75, 3.05) is 5.75 Å². The molecule has 0 fully saturated rings. The highest BCUT2D eigenvalue weighted by molar-refractivity contribution is 7.89. The van der Waals surface area contributed by atoms with Crippen molar-refractivity contribution in [3.8, 4) is 0 Å². The van der Waals surface area contributed by atoms with Crippen LogP contribution in [0.15, 0.2) is 0 Å². The molecule has 0 amide bonds. The maximum Gasteiger partial charge on any atom is 0.303 e. The molecule has 0 bridgehead atoms. The van der Waals surface area contributed by atoms with E-state index in [2.05, 4.69) is 4.72 Å². The lowest BCUT2D eigenvalue weighted by Gasteiger charge is -2.15. The van der Waals surface area contributed by atoms with Crippen LogP contribution in [-0.2, 0) is 14.8 Å². The van der Waals surface area contributed by atoms with Crippen molar-refractivity contribution in [3.05, 3.63) is 0 Å². The van der Waals surface area contributed by atoms with E-state index in [1.807, 2.05) is 20.8 Å². The molecule has 6 heteroatoms. The second kappa shape index (κ2) is 6.85. The van der Waals surface area contributed by atoms with E-state index in [1.165, 1.54) is 0 Å². The second-order valence-electron chi connectivity index (χ2n) is 4.46. The number of hydrogen-bond acceptors (Lipinski definition) is 3. The molecule has 5 nitrogen and oxygen atoms in total. The molecule has 0 heterocycles. The predicted octanol–water partition coefficient (Wildman–Crippen LogP) is 1.21. The third-order valence-electron chi connectivity index (χ3n) is 2.01. The normalized spacial score (nSPS) is 14.0. The summed E-state index contributed by atoms with van der Waals surface area (Å²) in [6.45, 7) is 5.86. The van der Waals surface area contributed by atoms with E-state index in [1.54, 1.807) is 0 Å². The molecule has 0 aliphatic rings. The third-order valence-corrected chi connectivity index (χ3v) is 3.60. The van der Waals surface area contributed by atoms with E-state index in [0.29, 0.717) is 5.92 Å². The largest absolute Gasteiger partial charge is 0.481 e. The Morgan fingerprint density at radius 3 is 2.31 bits per heavy atom. The number of carboxylic acids is 1. The molecule has 0 aliphatic heterocycles. The topological polar surface area (TPSA) is 83.5 Å². The van der Waals surface area contributed by atoms with Crippen molar-refractivity contribution in [1.82, 2.24) is 4.72 Å². The van der Waals surface area contributed by atoms with Crippen LogP contribution in [0.1, 0.15) is 40.0 Å². The van der Waals surface area contributed by atoms with Crippen LogP contribution in [0.25, 0.3) is 0 Å². The number of nitrogens with one attached hydrogen (secondary N) is 1. The Kier molecular flexibility index (Phi) is 6.59. The summed E-state index contributed by atoms with van der Waals surface area (Å²) in [5, 5.41) is 8.40. The fraction of sp³-hybridized carbons (Fsp3) is 0.900. The molecule has 0 spiro atoms. The average molecular weight is 251 g/mol. The number of rotatable bonds is 8. The number of carboxylic acid groups (broad SMARTS) is 1. The molecule has 1 atom stereocenters. The molecule has 96 valence electrons. The van der Waals surface area contributed by atoms with E-state index < -0.39 is 16.0 Å². The Morgan fingerprint density at radius 1 is 1.31 bits per heavy atom. The summed E-state index contributed by atoms with van der Waals surface area (Å²) in [4.78, 5) is 10.2. The molecule has 1 unspecified atom stereocenters. The summed E-state index contributed by atoms with van der Waals surface area (Å²) in [6, 6.07) is -0.102. The summed E-state index contributed by atoms with van der Waals surface area (Å²) in [6.07, 6.45) is 0.816. The summed E-state index contributed by atoms with van der Waals surface area (Å²) >= 11 is 0. The van der Waals surface area contributed by atoms with E-state index in [9.17, 15) is 13.2 Å². The Labute approximate surface area is 97.3 Å². The number of sulfonamides is 1. The highest BCUT2D eigenvalue weighted by Crippen LogP contribution is 2.05.